The number of rotatable bonds is 6. The Morgan fingerprint density at radius 1 is 1.13 bits per heavy atom. The van der Waals surface area contributed by atoms with Crippen molar-refractivity contribution >= 4 is 33.5 Å². The molecule has 3 fully saturated rings. The lowest BCUT2D eigenvalue weighted by atomic mass is 9.95. The van der Waals surface area contributed by atoms with Crippen molar-refractivity contribution in [2.24, 2.45) is 0 Å². The van der Waals surface area contributed by atoms with E-state index in [1.165, 1.54) is 36.4 Å². The van der Waals surface area contributed by atoms with Crippen LogP contribution in [-0.4, -0.2) is 92.8 Å². The van der Waals surface area contributed by atoms with E-state index in [-0.39, 0.29) is 52.6 Å². The van der Waals surface area contributed by atoms with Crippen LogP contribution in [0.1, 0.15) is 26.2 Å². The third-order valence-electron chi connectivity index (χ3n) is 9.38. The summed E-state index contributed by atoms with van der Waals surface area (Å²) in [6, 6.07) is 8.16. The Bertz CT molecular complexity index is 1840. The molecule has 0 radical (unpaired) electrons. The topological polar surface area (TPSA) is 94.9 Å². The first-order valence-electron chi connectivity index (χ1n) is 15.2. The van der Waals surface area contributed by atoms with Crippen molar-refractivity contribution in [3.63, 3.8) is 0 Å². The molecular weight excluding hydrogens is 585 g/mol. The Morgan fingerprint density at radius 3 is 2.78 bits per heavy atom. The lowest BCUT2D eigenvalue weighted by Crippen LogP contribution is -2.53. The minimum atomic E-state index is -0.929. The van der Waals surface area contributed by atoms with Gasteiger partial charge >= 0.3 is 6.01 Å². The van der Waals surface area contributed by atoms with Gasteiger partial charge < -0.3 is 19.6 Å². The van der Waals surface area contributed by atoms with Crippen LogP contribution >= 0.6 is 0 Å². The predicted octanol–water partition coefficient (Wildman–Crippen LogP) is 5.01. The van der Waals surface area contributed by atoms with E-state index < -0.39 is 23.3 Å². The van der Waals surface area contributed by atoms with Gasteiger partial charge in [-0.15, -0.1) is 0 Å². The first-order valence-corrected chi connectivity index (χ1v) is 15.2. The first kappa shape index (κ1) is 29.3. The molecule has 7 rings (SSSR count). The van der Waals surface area contributed by atoms with E-state index in [4.69, 9.17) is 9.72 Å². The van der Waals surface area contributed by atoms with Crippen LogP contribution in [0.4, 0.5) is 19.0 Å². The third kappa shape index (κ3) is 5.10. The van der Waals surface area contributed by atoms with Crippen LogP contribution in [0.5, 0.6) is 11.8 Å². The Hall–Kier alpha value is -4.45. The number of piperazine rings is 1. The van der Waals surface area contributed by atoms with Crippen molar-refractivity contribution in [2.75, 3.05) is 44.2 Å². The average Bonchev–Trinajstić information content (AvgIpc) is 3.54. The van der Waals surface area contributed by atoms with Crippen molar-refractivity contribution in [2.45, 2.75) is 43.9 Å². The maximum atomic E-state index is 16.0. The van der Waals surface area contributed by atoms with E-state index >= 15 is 8.78 Å². The second kappa shape index (κ2) is 11.2. The number of halogens is 3. The van der Waals surface area contributed by atoms with Crippen LogP contribution in [0.15, 0.2) is 49.1 Å². The normalized spacial score (nSPS) is 23.6. The van der Waals surface area contributed by atoms with Crippen molar-refractivity contribution in [1.29, 1.82) is 0 Å². The number of ether oxygens (including phenoxy) is 1. The molecule has 234 valence electrons. The fourth-order valence-corrected chi connectivity index (χ4v) is 7.27. The molecule has 2 aromatic heterocycles. The largest absolute Gasteiger partial charge is 0.508 e. The second-order valence-corrected chi connectivity index (χ2v) is 12.2. The van der Waals surface area contributed by atoms with Crippen LogP contribution in [0.25, 0.3) is 33.1 Å². The molecule has 3 saturated heterocycles. The van der Waals surface area contributed by atoms with Gasteiger partial charge in [0.05, 0.1) is 10.9 Å². The maximum Gasteiger partial charge on any atom is 0.320 e. The zero-order valence-corrected chi connectivity index (χ0v) is 24.8. The summed E-state index contributed by atoms with van der Waals surface area (Å²) in [5.74, 6) is -1.29. The van der Waals surface area contributed by atoms with Gasteiger partial charge in [-0.1, -0.05) is 18.7 Å². The van der Waals surface area contributed by atoms with Crippen molar-refractivity contribution in [3.8, 4) is 23.0 Å². The third-order valence-corrected chi connectivity index (χ3v) is 9.38. The highest BCUT2D eigenvalue weighted by atomic mass is 19.1. The van der Waals surface area contributed by atoms with E-state index in [1.807, 2.05) is 11.8 Å². The maximum absolute atomic E-state index is 16.0. The number of benzene rings is 2. The van der Waals surface area contributed by atoms with Crippen LogP contribution in [0.2, 0.25) is 0 Å². The Balaban J connectivity index is 1.34. The number of carbonyl (C=O) groups excluding carboxylic acids is 1. The number of aromatic nitrogens is 3. The zero-order valence-electron chi connectivity index (χ0n) is 24.8. The first-order chi connectivity index (χ1) is 21.7. The van der Waals surface area contributed by atoms with Crippen LogP contribution < -0.4 is 9.64 Å². The van der Waals surface area contributed by atoms with Gasteiger partial charge in [0.2, 0.25) is 5.91 Å². The molecule has 2 aromatic carbocycles. The van der Waals surface area contributed by atoms with Gasteiger partial charge in [-0.05, 0) is 62.0 Å². The van der Waals surface area contributed by atoms with E-state index in [0.717, 1.165) is 19.4 Å². The summed E-state index contributed by atoms with van der Waals surface area (Å²) in [5.41, 5.74) is -0.432. The number of phenolic OH excluding ortho intramolecular Hbond substituents is 1. The number of hydrogen-bond donors (Lipinski definition) is 1. The molecule has 9 nitrogen and oxygen atoms in total. The number of carbonyl (C=O) groups is 1. The van der Waals surface area contributed by atoms with Gasteiger partial charge in [-0.3, -0.25) is 9.69 Å². The molecular formula is C33H33F3N6O3. The highest BCUT2D eigenvalue weighted by Gasteiger charge is 2.49. The molecule has 0 spiro atoms. The molecule has 0 saturated carbocycles. The van der Waals surface area contributed by atoms with E-state index in [2.05, 4.69) is 21.4 Å². The molecule has 3 aliphatic heterocycles. The molecule has 3 aliphatic rings. The number of amides is 1. The van der Waals surface area contributed by atoms with Gasteiger partial charge in [0.25, 0.3) is 0 Å². The van der Waals surface area contributed by atoms with Crippen molar-refractivity contribution in [3.05, 3.63) is 60.7 Å². The van der Waals surface area contributed by atoms with Crippen molar-refractivity contribution < 1.29 is 27.8 Å². The van der Waals surface area contributed by atoms with E-state index in [1.54, 1.807) is 11.0 Å². The van der Waals surface area contributed by atoms with Crippen LogP contribution in [0.3, 0.4) is 0 Å². The minimum Gasteiger partial charge on any atom is -0.508 e. The summed E-state index contributed by atoms with van der Waals surface area (Å²) >= 11 is 0. The lowest BCUT2D eigenvalue weighted by molar-refractivity contribution is -0.126. The Morgan fingerprint density at radius 2 is 1.98 bits per heavy atom. The molecule has 0 aliphatic carbocycles. The molecule has 1 N–H and O–H groups in total. The number of aromatic hydroxyl groups is 1. The summed E-state index contributed by atoms with van der Waals surface area (Å²) in [6.45, 7) is 8.08. The van der Waals surface area contributed by atoms with Gasteiger partial charge in [0.1, 0.15) is 41.7 Å². The summed E-state index contributed by atoms with van der Waals surface area (Å²) < 4.78 is 51.7. The molecule has 45 heavy (non-hydrogen) atoms. The number of fused-ring (bicyclic) bond motifs is 3. The number of phenols is 1. The lowest BCUT2D eigenvalue weighted by Gasteiger charge is -2.40. The number of hydrogen-bond acceptors (Lipinski definition) is 8. The SMILES string of the molecule is C=CC(=O)N1CCN(c2nc(OC[C@@]34CCCN3C[C@H](F)C4)nc3nc(-c4cc(O)cc5cccc(F)c45)c(F)cc23)[C@H](C)C1. The van der Waals surface area contributed by atoms with Gasteiger partial charge in [-0.2, -0.15) is 9.97 Å². The van der Waals surface area contributed by atoms with Crippen LogP contribution in [-0.2, 0) is 4.79 Å². The molecule has 0 bridgehead atoms. The number of anilines is 1. The summed E-state index contributed by atoms with van der Waals surface area (Å²) in [6.07, 6.45) is 2.47. The van der Waals surface area contributed by atoms with Gasteiger partial charge in [0, 0.05) is 49.6 Å². The fourth-order valence-electron chi connectivity index (χ4n) is 7.27. The van der Waals surface area contributed by atoms with E-state index in [9.17, 15) is 14.3 Å². The summed E-state index contributed by atoms with van der Waals surface area (Å²) in [5, 5.41) is 11.2. The smallest absolute Gasteiger partial charge is 0.320 e. The molecule has 12 heteroatoms. The monoisotopic (exact) mass is 618 g/mol. The fraction of sp³-hybridized carbons (Fsp3) is 0.394. The predicted molar refractivity (Wildman–Crippen MR) is 164 cm³/mol. The van der Waals surface area contributed by atoms with Crippen molar-refractivity contribution in [1.82, 2.24) is 24.8 Å². The summed E-state index contributed by atoms with van der Waals surface area (Å²) in [4.78, 5) is 32.0. The highest BCUT2D eigenvalue weighted by Crippen LogP contribution is 2.41. The molecule has 0 unspecified atom stereocenters. The Labute approximate surface area is 257 Å². The summed E-state index contributed by atoms with van der Waals surface area (Å²) in [7, 11) is 0. The second-order valence-electron chi connectivity index (χ2n) is 12.2. The Kier molecular flexibility index (Phi) is 7.26. The molecule has 4 aromatic rings. The van der Waals surface area contributed by atoms with Gasteiger partial charge in [0.15, 0.2) is 5.65 Å². The molecule has 3 atom stereocenters. The minimum absolute atomic E-state index is 0.00911. The molecule has 5 heterocycles. The zero-order chi connectivity index (χ0) is 31.5. The number of pyridine rings is 1. The van der Waals surface area contributed by atoms with E-state index in [0.29, 0.717) is 49.2 Å². The number of alkyl halides is 1. The van der Waals surface area contributed by atoms with Crippen LogP contribution in [0, 0.1) is 11.6 Å². The van der Waals surface area contributed by atoms with Gasteiger partial charge in [-0.25, -0.2) is 18.2 Å². The highest BCUT2D eigenvalue weighted by molar-refractivity contribution is 5.99. The average molecular weight is 619 g/mol. The standard InChI is InChI=1S/C33H33F3N6O3/c1-3-27(44)40-10-11-42(19(2)16-40)31-24-14-26(36)29(23-13-22(43)12-20-6-4-7-25(35)28(20)23)37-30(24)38-32(39-31)45-18-33-8-5-9-41(33)17-21(34)15-33/h3-4,6-7,12-14,19,21,43H,1,5,8-11,15-18H2,2H3/t19-,21-,33+/m1/s1. The number of nitrogens with zero attached hydrogens (tertiary/aromatic N) is 6. The molecule has 1 amide bonds. The quantitative estimate of drug-likeness (QED) is 0.302.